The Kier molecular flexibility index (Phi) is 48.6. The second kappa shape index (κ2) is 47.3. The molecule has 0 radical (unpaired) electrons. The highest BCUT2D eigenvalue weighted by Gasteiger charge is 2.49. The van der Waals surface area contributed by atoms with Gasteiger partial charge in [-0.25, -0.2) is 4.18 Å². The molecule has 0 heterocycles. The summed E-state index contributed by atoms with van der Waals surface area (Å²) in [5.41, 5.74) is 5.68. The van der Waals surface area contributed by atoms with Crippen LogP contribution >= 0.6 is 0 Å². The summed E-state index contributed by atoms with van der Waals surface area (Å²) in [6, 6.07) is 0. The van der Waals surface area contributed by atoms with Crippen molar-refractivity contribution in [2.75, 3.05) is 19.8 Å². The Morgan fingerprint density at radius 3 is 0.831 bits per heavy atom. The van der Waals surface area contributed by atoms with E-state index < -0.39 is 40.0 Å². The number of ether oxygens (including phenoxy) is 2. The van der Waals surface area contributed by atoms with E-state index in [-0.39, 0.29) is 6.61 Å². The van der Waals surface area contributed by atoms with E-state index >= 15 is 0 Å². The first-order valence-electron chi connectivity index (χ1n) is 28.0. The summed E-state index contributed by atoms with van der Waals surface area (Å²) in [7, 11) is -4.17. The average molecular weight is 953 g/mol. The molecule has 394 valence electrons. The van der Waals surface area contributed by atoms with Gasteiger partial charge in [0.2, 0.25) is 0 Å². The largest absolute Gasteiger partial charge is 0.397 e. The molecule has 0 aromatic heterocycles. The third kappa shape index (κ3) is 44.6. The fourth-order valence-electron chi connectivity index (χ4n) is 9.44. The van der Waals surface area contributed by atoms with Crippen molar-refractivity contribution >= 4 is 10.4 Å². The fraction of sp³-hybridized carbons (Fsp3) is 1.00. The summed E-state index contributed by atoms with van der Waals surface area (Å²) in [5, 5.41) is 34.2. The molecule has 0 aliphatic heterocycles. The van der Waals surface area contributed by atoms with Gasteiger partial charge in [0.25, 0.3) is 5.91 Å². The number of nitrogens with two attached hydrogens (primary N) is 1. The van der Waals surface area contributed by atoms with Crippen LogP contribution in [-0.2, 0) is 24.1 Å². The highest BCUT2D eigenvalue weighted by atomic mass is 32.3. The van der Waals surface area contributed by atoms with E-state index in [2.05, 4.69) is 18.0 Å². The number of hydrogen-bond acceptors (Lipinski definition) is 9. The van der Waals surface area contributed by atoms with Gasteiger partial charge in [-0.3, -0.25) is 10.3 Å². The zero-order valence-corrected chi connectivity index (χ0v) is 44.8. The van der Waals surface area contributed by atoms with E-state index in [1.54, 1.807) is 0 Å². The summed E-state index contributed by atoms with van der Waals surface area (Å²) < 4.78 is 42.2. The second-order valence-corrected chi connectivity index (χ2v) is 20.9. The van der Waals surface area contributed by atoms with Crippen molar-refractivity contribution < 1.29 is 41.9 Å². The van der Waals surface area contributed by atoms with Crippen molar-refractivity contribution in [3.8, 4) is 0 Å². The van der Waals surface area contributed by atoms with Crippen LogP contribution in [0.4, 0.5) is 0 Å². The molecule has 3 unspecified atom stereocenters. The smallest absolute Gasteiger partial charge is 0.393 e. The average Bonchev–Trinajstić information content (AvgIpc) is 3.25. The first-order valence-corrected chi connectivity index (χ1v) is 29.3. The molecular weight excluding hydrogens is 839 g/mol. The van der Waals surface area contributed by atoms with Crippen LogP contribution in [0.3, 0.4) is 0 Å². The molecule has 0 spiro atoms. The Balaban J connectivity index is 0. The maximum Gasteiger partial charge on any atom is 0.397 e. The monoisotopic (exact) mass is 952 g/mol. The minimum absolute atomic E-state index is 0.0289. The van der Waals surface area contributed by atoms with E-state index in [0.717, 1.165) is 25.7 Å². The Labute approximate surface area is 404 Å². The van der Waals surface area contributed by atoms with Crippen LogP contribution in [0.5, 0.6) is 0 Å². The van der Waals surface area contributed by atoms with Crippen LogP contribution in [0, 0.1) is 5.41 Å². The molecule has 0 aromatic carbocycles. The molecule has 0 aliphatic rings. The lowest BCUT2D eigenvalue weighted by molar-refractivity contribution is -0.302. The molecule has 0 aromatic rings. The summed E-state index contributed by atoms with van der Waals surface area (Å²) in [6.45, 7) is 12.2. The Bertz CT molecular complexity index is 1010. The lowest BCUT2D eigenvalue weighted by atomic mass is 9.72. The van der Waals surface area contributed by atoms with Crippen molar-refractivity contribution in [3.05, 3.63) is 0 Å². The zero-order valence-electron chi connectivity index (χ0n) is 44.0. The van der Waals surface area contributed by atoms with Crippen molar-refractivity contribution in [2.24, 2.45) is 11.1 Å². The molecule has 0 rings (SSSR count). The Hall–Kier alpha value is -0.370. The number of hydrogen-bond donors (Lipinski definition) is 5. The lowest BCUT2D eigenvalue weighted by Gasteiger charge is -2.45. The van der Waals surface area contributed by atoms with E-state index in [4.69, 9.17) is 19.8 Å². The van der Waals surface area contributed by atoms with Gasteiger partial charge in [-0.05, 0) is 46.5 Å². The van der Waals surface area contributed by atoms with Gasteiger partial charge in [0.15, 0.2) is 0 Å². The maximum absolute atomic E-state index is 11.7. The van der Waals surface area contributed by atoms with Crippen molar-refractivity contribution in [2.45, 2.75) is 323 Å². The van der Waals surface area contributed by atoms with Gasteiger partial charge in [0.1, 0.15) is 6.10 Å². The van der Waals surface area contributed by atoms with Crippen molar-refractivity contribution in [1.29, 1.82) is 0 Å². The molecule has 0 amide bonds. The highest BCUT2D eigenvalue weighted by Crippen LogP contribution is 2.40. The highest BCUT2D eigenvalue weighted by molar-refractivity contribution is 7.80. The van der Waals surface area contributed by atoms with Gasteiger partial charge >= 0.3 is 10.4 Å². The molecule has 6 N–H and O–H groups in total. The molecule has 3 atom stereocenters. The maximum atomic E-state index is 11.7. The predicted molar refractivity (Wildman–Crippen MR) is 276 cm³/mol. The first-order chi connectivity index (χ1) is 31.2. The standard InChI is InChI=1S/C52H107NO5.C2H6O4S/c1-6-10-12-14-16-18-20-22-24-26-28-30-32-34-36-38-40-42-44-48(54)46-51(5,50(56)52(53,57-8-3)58-9-4)47-49(55)45-43-41-39-37-35-33-31-29-27-25-23-21-19-17-15-13-11-7-2;1-2-6-7(3,4)5/h48-50,54-56H,6-47,53H2,1-5H3;2H2,1H3,(H,3,4,5). The molecule has 0 fully saturated rings. The zero-order chi connectivity index (χ0) is 48.8. The molecule has 11 heteroatoms. The SMILES string of the molecule is CCCCCCCCCCCCCCCCCCCCC(O)CC(C)(CC(O)CCCCCCCCCCCCCCCCCCCC)C(O)C(N)(OCC)OCC.CCOS(=O)(=O)O. The quantitative estimate of drug-likeness (QED) is 0.0225. The third-order valence-electron chi connectivity index (χ3n) is 13.2. The molecule has 10 nitrogen and oxygen atoms in total. The molecule has 0 aliphatic carbocycles. The summed E-state index contributed by atoms with van der Waals surface area (Å²) >= 11 is 0. The Morgan fingerprint density at radius 1 is 0.415 bits per heavy atom. The van der Waals surface area contributed by atoms with E-state index in [1.807, 2.05) is 20.8 Å². The number of aliphatic hydroxyl groups is 3. The lowest BCUT2D eigenvalue weighted by Crippen LogP contribution is -2.62. The van der Waals surface area contributed by atoms with Gasteiger partial charge in [-0.15, -0.1) is 0 Å². The normalized spacial score (nSPS) is 14.5. The van der Waals surface area contributed by atoms with Crippen molar-refractivity contribution in [3.63, 3.8) is 0 Å². The summed E-state index contributed by atoms with van der Waals surface area (Å²) in [6.07, 6.45) is 48.0. The number of rotatable bonds is 50. The second-order valence-electron chi connectivity index (χ2n) is 19.8. The fourth-order valence-corrected chi connectivity index (χ4v) is 9.73. The van der Waals surface area contributed by atoms with Crippen LogP contribution < -0.4 is 5.73 Å². The van der Waals surface area contributed by atoms with Crippen LogP contribution in [-0.4, -0.2) is 72.3 Å². The first kappa shape index (κ1) is 66.7. The number of aliphatic hydroxyl groups excluding tert-OH is 3. The molecular formula is C54H113NO9S. The van der Waals surface area contributed by atoms with Crippen LogP contribution in [0.2, 0.25) is 0 Å². The third-order valence-corrected chi connectivity index (χ3v) is 13.8. The van der Waals surface area contributed by atoms with Gasteiger partial charge in [0.05, 0.1) is 18.8 Å². The Morgan fingerprint density at radius 2 is 0.646 bits per heavy atom. The van der Waals surface area contributed by atoms with Gasteiger partial charge in [-0.2, -0.15) is 8.42 Å². The molecule has 0 bridgehead atoms. The van der Waals surface area contributed by atoms with E-state index in [1.165, 1.54) is 212 Å². The van der Waals surface area contributed by atoms with Crippen LogP contribution in [0.15, 0.2) is 0 Å². The van der Waals surface area contributed by atoms with Gasteiger partial charge in [-0.1, -0.05) is 252 Å². The topological polar surface area (TPSA) is 169 Å². The predicted octanol–water partition coefficient (Wildman–Crippen LogP) is 15.2. The minimum atomic E-state index is -4.17. The van der Waals surface area contributed by atoms with Crippen LogP contribution in [0.1, 0.15) is 298 Å². The van der Waals surface area contributed by atoms with E-state index in [0.29, 0.717) is 38.9 Å². The minimum Gasteiger partial charge on any atom is -0.393 e. The van der Waals surface area contributed by atoms with Crippen LogP contribution in [0.25, 0.3) is 0 Å². The molecule has 0 saturated carbocycles. The van der Waals surface area contributed by atoms with Gasteiger partial charge < -0.3 is 24.8 Å². The van der Waals surface area contributed by atoms with E-state index in [9.17, 15) is 23.7 Å². The van der Waals surface area contributed by atoms with Gasteiger partial charge in [0, 0.05) is 18.6 Å². The molecule has 0 saturated heterocycles. The van der Waals surface area contributed by atoms with Crippen molar-refractivity contribution in [1.82, 2.24) is 0 Å². The summed E-state index contributed by atoms with van der Waals surface area (Å²) in [5.74, 6) is -1.68. The number of unbranched alkanes of at least 4 members (excludes halogenated alkanes) is 34. The molecule has 65 heavy (non-hydrogen) atoms. The summed E-state index contributed by atoms with van der Waals surface area (Å²) in [4.78, 5) is 0.